The quantitative estimate of drug-likeness (QED) is 0.680. The van der Waals surface area contributed by atoms with Gasteiger partial charge < -0.3 is 4.74 Å². The summed E-state index contributed by atoms with van der Waals surface area (Å²) in [7, 11) is 0. The summed E-state index contributed by atoms with van der Waals surface area (Å²) < 4.78 is 5.74. The first-order valence-corrected chi connectivity index (χ1v) is 7.18. The van der Waals surface area contributed by atoms with Gasteiger partial charge in [-0.1, -0.05) is 48.7 Å². The molecule has 2 rings (SSSR count). The second-order valence-corrected chi connectivity index (χ2v) is 5.90. The van der Waals surface area contributed by atoms with Crippen molar-refractivity contribution in [2.45, 2.75) is 26.7 Å². The molecule has 0 aliphatic heterocycles. The van der Waals surface area contributed by atoms with Gasteiger partial charge in [0.15, 0.2) is 0 Å². The summed E-state index contributed by atoms with van der Waals surface area (Å²) in [5, 5.41) is 1.37. The summed E-state index contributed by atoms with van der Waals surface area (Å²) in [6, 6.07) is 4.96. The van der Waals surface area contributed by atoms with Gasteiger partial charge in [-0.2, -0.15) is 4.98 Å². The Morgan fingerprint density at radius 3 is 2.15 bits per heavy atom. The van der Waals surface area contributed by atoms with E-state index >= 15 is 0 Å². The number of rotatable bonds is 3. The average Bonchev–Trinajstić information content (AvgIpc) is 2.33. The van der Waals surface area contributed by atoms with Crippen molar-refractivity contribution in [1.29, 1.82) is 0 Å². The van der Waals surface area contributed by atoms with Crippen molar-refractivity contribution in [3.8, 4) is 11.6 Å². The molecule has 0 amide bonds. The molecule has 3 nitrogen and oxygen atoms in total. The predicted molar refractivity (Wildman–Crippen MR) is 82.4 cm³/mol. The van der Waals surface area contributed by atoms with Gasteiger partial charge in [-0.05, 0) is 25.1 Å². The first-order chi connectivity index (χ1) is 9.36. The molecule has 6 heteroatoms. The number of hydrogen-bond acceptors (Lipinski definition) is 3. The zero-order valence-corrected chi connectivity index (χ0v) is 13.5. The highest BCUT2D eigenvalue weighted by molar-refractivity contribution is 6.34. The number of benzene rings is 1. The lowest BCUT2D eigenvalue weighted by Gasteiger charge is -2.12. The minimum absolute atomic E-state index is 0.151. The maximum Gasteiger partial charge on any atom is 0.226 e. The fourth-order valence-electron chi connectivity index (χ4n) is 1.54. The first-order valence-electron chi connectivity index (χ1n) is 6.05. The lowest BCUT2D eigenvalue weighted by molar-refractivity contribution is 0.452. The summed E-state index contributed by atoms with van der Waals surface area (Å²) >= 11 is 18.0. The fraction of sp³-hybridized carbons (Fsp3) is 0.286. The highest BCUT2D eigenvalue weighted by atomic mass is 35.5. The van der Waals surface area contributed by atoms with Crippen molar-refractivity contribution in [2.24, 2.45) is 0 Å². The van der Waals surface area contributed by atoms with E-state index in [1.165, 1.54) is 0 Å². The van der Waals surface area contributed by atoms with E-state index in [-0.39, 0.29) is 5.92 Å². The van der Waals surface area contributed by atoms with E-state index in [9.17, 15) is 0 Å². The predicted octanol–water partition coefficient (Wildman–Crippen LogP) is 5.66. The molecular weight excluding hydrogens is 319 g/mol. The summed E-state index contributed by atoms with van der Waals surface area (Å²) in [6.07, 6.45) is 0. The summed E-state index contributed by atoms with van der Waals surface area (Å²) in [4.78, 5) is 8.62. The molecule has 0 atom stereocenters. The average molecular weight is 332 g/mol. The Morgan fingerprint density at radius 2 is 1.60 bits per heavy atom. The molecule has 1 heterocycles. The molecule has 0 fully saturated rings. The van der Waals surface area contributed by atoms with Gasteiger partial charge in [0.25, 0.3) is 0 Å². The minimum atomic E-state index is 0.151. The van der Waals surface area contributed by atoms with Gasteiger partial charge in [0.05, 0.1) is 0 Å². The highest BCUT2D eigenvalue weighted by Crippen LogP contribution is 2.31. The normalized spacial score (nSPS) is 10.9. The molecule has 20 heavy (non-hydrogen) atoms. The molecule has 0 saturated carbocycles. The van der Waals surface area contributed by atoms with Gasteiger partial charge in [0, 0.05) is 21.5 Å². The Bertz CT molecular complexity index is 624. The Morgan fingerprint density at radius 1 is 1.00 bits per heavy atom. The topological polar surface area (TPSA) is 35.0 Å². The van der Waals surface area contributed by atoms with Crippen LogP contribution in [-0.4, -0.2) is 9.97 Å². The van der Waals surface area contributed by atoms with Crippen molar-refractivity contribution in [3.05, 3.63) is 44.8 Å². The third kappa shape index (κ3) is 3.54. The molecule has 0 saturated heterocycles. The molecule has 0 radical (unpaired) electrons. The van der Waals surface area contributed by atoms with Crippen LogP contribution in [0.5, 0.6) is 11.6 Å². The second kappa shape index (κ2) is 6.17. The number of ether oxygens (including phenoxy) is 1. The summed E-state index contributed by atoms with van der Waals surface area (Å²) in [6.45, 7) is 5.77. The van der Waals surface area contributed by atoms with Crippen LogP contribution in [0.2, 0.25) is 15.2 Å². The van der Waals surface area contributed by atoms with Gasteiger partial charge >= 0.3 is 0 Å². The molecule has 0 bridgehead atoms. The van der Waals surface area contributed by atoms with Gasteiger partial charge in [-0.3, -0.25) is 0 Å². The summed E-state index contributed by atoms with van der Waals surface area (Å²) in [5.41, 5.74) is 0.673. The largest absolute Gasteiger partial charge is 0.438 e. The highest BCUT2D eigenvalue weighted by Gasteiger charge is 2.14. The SMILES string of the molecule is Cc1c(Cl)nc(C(C)C)nc1Oc1cc(Cl)cc(Cl)c1. The Hall–Kier alpha value is -1.03. The van der Waals surface area contributed by atoms with E-state index in [1.807, 2.05) is 13.8 Å². The van der Waals surface area contributed by atoms with E-state index in [4.69, 9.17) is 39.5 Å². The lowest BCUT2D eigenvalue weighted by atomic mass is 10.2. The van der Waals surface area contributed by atoms with E-state index < -0.39 is 0 Å². The Kier molecular flexibility index (Phi) is 4.74. The molecule has 0 unspecified atom stereocenters. The Labute approximate surface area is 132 Å². The molecule has 1 aromatic carbocycles. The van der Waals surface area contributed by atoms with Crippen LogP contribution in [0.15, 0.2) is 18.2 Å². The van der Waals surface area contributed by atoms with Crippen LogP contribution in [0.3, 0.4) is 0 Å². The zero-order chi connectivity index (χ0) is 14.9. The second-order valence-electron chi connectivity index (χ2n) is 4.66. The van der Waals surface area contributed by atoms with Crippen LogP contribution in [0.25, 0.3) is 0 Å². The van der Waals surface area contributed by atoms with Crippen LogP contribution in [0.1, 0.15) is 31.2 Å². The fourth-order valence-corrected chi connectivity index (χ4v) is 2.22. The van der Waals surface area contributed by atoms with Crippen LogP contribution < -0.4 is 4.74 Å². The van der Waals surface area contributed by atoms with Crippen molar-refractivity contribution in [1.82, 2.24) is 9.97 Å². The van der Waals surface area contributed by atoms with Crippen molar-refractivity contribution >= 4 is 34.8 Å². The number of halogens is 3. The third-order valence-electron chi connectivity index (χ3n) is 2.63. The number of nitrogens with zero attached hydrogens (tertiary/aromatic N) is 2. The minimum Gasteiger partial charge on any atom is -0.438 e. The smallest absolute Gasteiger partial charge is 0.226 e. The molecule has 106 valence electrons. The third-order valence-corrected chi connectivity index (χ3v) is 3.43. The Balaban J connectivity index is 2.42. The van der Waals surface area contributed by atoms with Crippen molar-refractivity contribution in [2.75, 3.05) is 0 Å². The molecule has 0 spiro atoms. The van der Waals surface area contributed by atoms with Gasteiger partial charge in [0.2, 0.25) is 5.88 Å². The number of aromatic nitrogens is 2. The van der Waals surface area contributed by atoms with E-state index in [1.54, 1.807) is 25.1 Å². The van der Waals surface area contributed by atoms with E-state index in [0.29, 0.717) is 38.2 Å². The van der Waals surface area contributed by atoms with Crippen LogP contribution in [-0.2, 0) is 0 Å². The number of hydrogen-bond donors (Lipinski definition) is 0. The molecule has 0 aliphatic rings. The van der Waals surface area contributed by atoms with Crippen LogP contribution >= 0.6 is 34.8 Å². The van der Waals surface area contributed by atoms with Gasteiger partial charge in [0.1, 0.15) is 16.7 Å². The maximum atomic E-state index is 6.11. The first kappa shape index (κ1) is 15.4. The van der Waals surface area contributed by atoms with Crippen LogP contribution in [0, 0.1) is 6.92 Å². The van der Waals surface area contributed by atoms with Gasteiger partial charge in [-0.15, -0.1) is 0 Å². The standard InChI is InChI=1S/C14H13Cl3N2O/c1-7(2)13-18-12(17)8(3)14(19-13)20-11-5-9(15)4-10(16)6-11/h4-7H,1-3H3. The zero-order valence-electron chi connectivity index (χ0n) is 11.2. The molecule has 2 aromatic rings. The van der Waals surface area contributed by atoms with E-state index in [2.05, 4.69) is 9.97 Å². The maximum absolute atomic E-state index is 6.11. The summed E-state index contributed by atoms with van der Waals surface area (Å²) in [5.74, 6) is 1.70. The molecule has 0 aliphatic carbocycles. The van der Waals surface area contributed by atoms with Crippen molar-refractivity contribution < 1.29 is 4.74 Å². The van der Waals surface area contributed by atoms with Crippen LogP contribution in [0.4, 0.5) is 0 Å². The molecular formula is C14H13Cl3N2O. The van der Waals surface area contributed by atoms with Gasteiger partial charge in [-0.25, -0.2) is 4.98 Å². The monoisotopic (exact) mass is 330 g/mol. The van der Waals surface area contributed by atoms with E-state index in [0.717, 1.165) is 0 Å². The molecule has 1 aromatic heterocycles. The lowest BCUT2D eigenvalue weighted by Crippen LogP contribution is -2.02. The van der Waals surface area contributed by atoms with Crippen molar-refractivity contribution in [3.63, 3.8) is 0 Å². The molecule has 0 N–H and O–H groups in total.